The Hall–Kier alpha value is -0.500. The van der Waals surface area contributed by atoms with Crippen molar-refractivity contribution in [2.24, 2.45) is 5.73 Å². The first-order valence-electron chi connectivity index (χ1n) is 3.81. The fourth-order valence-electron chi connectivity index (χ4n) is 0.987. The molecule has 1 heterocycles. The third-order valence-electron chi connectivity index (χ3n) is 1.69. The maximum atomic E-state index is 12.5. The first kappa shape index (κ1) is 11.6. The van der Waals surface area contributed by atoms with Gasteiger partial charge in [0, 0.05) is 12.1 Å². The van der Waals surface area contributed by atoms with E-state index in [1.54, 1.807) is 0 Å². The topological polar surface area (TPSA) is 48.1 Å². The fraction of sp³-hybridized carbons (Fsp3) is 0.375. The minimum atomic E-state index is -2.63. The van der Waals surface area contributed by atoms with Crippen molar-refractivity contribution in [1.29, 1.82) is 0 Å². The van der Waals surface area contributed by atoms with E-state index in [1.807, 2.05) is 22.6 Å². The molecule has 0 amide bonds. The van der Waals surface area contributed by atoms with E-state index >= 15 is 0 Å². The van der Waals surface area contributed by atoms with Gasteiger partial charge in [-0.05, 0) is 28.7 Å². The number of aromatic nitrogens is 1. The van der Waals surface area contributed by atoms with E-state index in [1.165, 1.54) is 13.2 Å². The highest BCUT2D eigenvalue weighted by molar-refractivity contribution is 14.1. The molecule has 0 spiro atoms. The summed E-state index contributed by atoms with van der Waals surface area (Å²) in [6.45, 7) is 0.255. The van der Waals surface area contributed by atoms with Crippen LogP contribution in [0.4, 0.5) is 8.78 Å². The molecule has 3 nitrogen and oxygen atoms in total. The van der Waals surface area contributed by atoms with Gasteiger partial charge < -0.3 is 10.5 Å². The summed E-state index contributed by atoms with van der Waals surface area (Å²) in [7, 11) is 1.33. The van der Waals surface area contributed by atoms with Gasteiger partial charge in [-0.2, -0.15) is 0 Å². The van der Waals surface area contributed by atoms with Gasteiger partial charge in [-0.25, -0.2) is 13.8 Å². The Morgan fingerprint density at radius 1 is 1.64 bits per heavy atom. The molecule has 0 aliphatic rings. The van der Waals surface area contributed by atoms with Gasteiger partial charge in [-0.3, -0.25) is 0 Å². The number of nitrogens with zero attached hydrogens (tertiary/aromatic N) is 1. The van der Waals surface area contributed by atoms with Crippen LogP contribution in [0.1, 0.15) is 17.7 Å². The second kappa shape index (κ2) is 4.83. The third kappa shape index (κ3) is 2.30. The van der Waals surface area contributed by atoms with E-state index in [0.29, 0.717) is 9.26 Å². The van der Waals surface area contributed by atoms with Crippen LogP contribution in [0.2, 0.25) is 0 Å². The Bertz CT molecular complexity index is 333. The van der Waals surface area contributed by atoms with E-state index in [2.05, 4.69) is 4.98 Å². The molecule has 0 bridgehead atoms. The van der Waals surface area contributed by atoms with Crippen molar-refractivity contribution in [3.63, 3.8) is 0 Å². The molecule has 0 saturated carbocycles. The fourth-order valence-corrected chi connectivity index (χ4v) is 1.62. The average molecular weight is 314 g/mol. The Morgan fingerprint density at radius 3 is 2.71 bits per heavy atom. The molecule has 1 rings (SSSR count). The maximum Gasteiger partial charge on any atom is 0.284 e. The largest absolute Gasteiger partial charge is 0.495 e. The Morgan fingerprint density at radius 2 is 2.29 bits per heavy atom. The van der Waals surface area contributed by atoms with Crippen LogP contribution in [0.25, 0.3) is 0 Å². The molecule has 0 radical (unpaired) electrons. The zero-order chi connectivity index (χ0) is 10.7. The molecule has 0 unspecified atom stereocenters. The summed E-state index contributed by atoms with van der Waals surface area (Å²) in [5.74, 6) is 0.0841. The lowest BCUT2D eigenvalue weighted by Crippen LogP contribution is -2.05. The van der Waals surface area contributed by atoms with E-state index in [-0.39, 0.29) is 18.0 Å². The monoisotopic (exact) mass is 314 g/mol. The Labute approximate surface area is 93.8 Å². The van der Waals surface area contributed by atoms with Crippen LogP contribution < -0.4 is 10.5 Å². The molecule has 0 saturated heterocycles. The lowest BCUT2D eigenvalue weighted by atomic mass is 10.2. The van der Waals surface area contributed by atoms with Crippen molar-refractivity contribution in [2.75, 3.05) is 7.11 Å². The predicted molar refractivity (Wildman–Crippen MR) is 56.4 cm³/mol. The van der Waals surface area contributed by atoms with Crippen LogP contribution >= 0.6 is 22.6 Å². The molecule has 0 atom stereocenters. The SMILES string of the molecule is COc1cc(CN)c(I)nc1C(F)F. The highest BCUT2D eigenvalue weighted by Crippen LogP contribution is 2.29. The molecular formula is C8H9F2IN2O. The van der Waals surface area contributed by atoms with Gasteiger partial charge in [-0.1, -0.05) is 0 Å². The second-order valence-corrected chi connectivity index (χ2v) is 3.55. The molecule has 2 N–H and O–H groups in total. The van der Waals surface area contributed by atoms with Gasteiger partial charge in [0.2, 0.25) is 0 Å². The third-order valence-corrected chi connectivity index (χ3v) is 2.62. The molecule has 1 aromatic heterocycles. The van der Waals surface area contributed by atoms with Crippen molar-refractivity contribution >= 4 is 22.6 Å². The zero-order valence-electron chi connectivity index (χ0n) is 7.43. The lowest BCUT2D eigenvalue weighted by Gasteiger charge is -2.09. The normalized spacial score (nSPS) is 10.7. The van der Waals surface area contributed by atoms with E-state index in [9.17, 15) is 8.78 Å². The van der Waals surface area contributed by atoms with Crippen LogP contribution in [-0.2, 0) is 6.54 Å². The molecule has 0 aromatic carbocycles. The van der Waals surface area contributed by atoms with Gasteiger partial charge in [0.25, 0.3) is 6.43 Å². The molecular weight excluding hydrogens is 305 g/mol. The summed E-state index contributed by atoms with van der Waals surface area (Å²) in [4.78, 5) is 3.75. The summed E-state index contributed by atoms with van der Waals surface area (Å²) in [5, 5.41) is 0. The molecule has 0 aliphatic heterocycles. The standard InChI is InChI=1S/C8H9F2IN2O/c1-14-5-2-4(3-12)8(11)13-6(5)7(9)10/h2,7H,3,12H2,1H3. The van der Waals surface area contributed by atoms with Crippen molar-refractivity contribution in [3.8, 4) is 5.75 Å². The van der Waals surface area contributed by atoms with Crippen molar-refractivity contribution in [3.05, 3.63) is 21.0 Å². The number of hydrogen-bond acceptors (Lipinski definition) is 3. The molecule has 1 aromatic rings. The van der Waals surface area contributed by atoms with Crippen molar-refractivity contribution < 1.29 is 13.5 Å². The molecule has 14 heavy (non-hydrogen) atoms. The van der Waals surface area contributed by atoms with Crippen molar-refractivity contribution in [2.45, 2.75) is 13.0 Å². The number of halogens is 3. The van der Waals surface area contributed by atoms with E-state index in [4.69, 9.17) is 10.5 Å². The summed E-state index contributed by atoms with van der Waals surface area (Å²) in [6.07, 6.45) is -2.63. The molecule has 0 aliphatic carbocycles. The van der Waals surface area contributed by atoms with Crippen LogP contribution in [0, 0.1) is 3.70 Å². The molecule has 78 valence electrons. The number of methoxy groups -OCH3 is 1. The number of nitrogens with two attached hydrogens (primary N) is 1. The predicted octanol–water partition coefficient (Wildman–Crippen LogP) is 2.09. The Kier molecular flexibility index (Phi) is 3.99. The number of hydrogen-bond donors (Lipinski definition) is 1. The first-order chi connectivity index (χ1) is 6.60. The van der Waals surface area contributed by atoms with Gasteiger partial charge >= 0.3 is 0 Å². The number of ether oxygens (including phenoxy) is 1. The smallest absolute Gasteiger partial charge is 0.284 e. The van der Waals surface area contributed by atoms with Gasteiger partial charge in [0.1, 0.15) is 15.1 Å². The highest BCUT2D eigenvalue weighted by atomic mass is 127. The lowest BCUT2D eigenvalue weighted by molar-refractivity contribution is 0.141. The first-order valence-corrected chi connectivity index (χ1v) is 4.89. The molecule has 6 heteroatoms. The van der Waals surface area contributed by atoms with Gasteiger partial charge in [-0.15, -0.1) is 0 Å². The highest BCUT2D eigenvalue weighted by Gasteiger charge is 2.18. The van der Waals surface area contributed by atoms with Crippen molar-refractivity contribution in [1.82, 2.24) is 4.98 Å². The second-order valence-electron chi connectivity index (χ2n) is 2.53. The zero-order valence-corrected chi connectivity index (χ0v) is 9.59. The average Bonchev–Trinajstić information content (AvgIpc) is 2.17. The van der Waals surface area contributed by atoms with Crippen LogP contribution in [-0.4, -0.2) is 12.1 Å². The summed E-state index contributed by atoms with van der Waals surface area (Å²) < 4.78 is 30.2. The van der Waals surface area contributed by atoms with Gasteiger partial charge in [0.05, 0.1) is 7.11 Å². The minimum absolute atomic E-state index is 0.0841. The van der Waals surface area contributed by atoms with E-state index in [0.717, 1.165) is 0 Å². The summed E-state index contributed by atoms with van der Waals surface area (Å²) in [5.41, 5.74) is 5.77. The Balaban J connectivity index is 3.24. The van der Waals surface area contributed by atoms with Crippen LogP contribution in [0.15, 0.2) is 6.07 Å². The molecule has 0 fully saturated rings. The summed E-state index contributed by atoms with van der Waals surface area (Å²) >= 11 is 1.87. The number of alkyl halides is 2. The minimum Gasteiger partial charge on any atom is -0.495 e. The van der Waals surface area contributed by atoms with E-state index < -0.39 is 6.43 Å². The van der Waals surface area contributed by atoms with Crippen LogP contribution in [0.3, 0.4) is 0 Å². The number of rotatable bonds is 3. The quantitative estimate of drug-likeness (QED) is 0.686. The summed E-state index contributed by atoms with van der Waals surface area (Å²) in [6, 6.07) is 1.50. The number of pyridine rings is 1. The van der Waals surface area contributed by atoms with Crippen LogP contribution in [0.5, 0.6) is 5.75 Å². The maximum absolute atomic E-state index is 12.5. The van der Waals surface area contributed by atoms with Gasteiger partial charge in [0.15, 0.2) is 0 Å².